The number of benzene rings is 2. The van der Waals surface area contributed by atoms with Crippen molar-refractivity contribution in [3.63, 3.8) is 0 Å². The second-order valence-corrected chi connectivity index (χ2v) is 9.59. The molecule has 0 radical (unpaired) electrons. The molecule has 0 bridgehead atoms. The molecular formula is C21H24ClN3O5S. The van der Waals surface area contributed by atoms with Gasteiger partial charge in [0.2, 0.25) is 21.8 Å². The number of carbonyl (C=O) groups is 2. The molecule has 1 saturated heterocycles. The van der Waals surface area contributed by atoms with Gasteiger partial charge in [-0.1, -0.05) is 17.7 Å². The van der Waals surface area contributed by atoms with E-state index in [2.05, 4.69) is 10.6 Å². The second-order valence-electron chi connectivity index (χ2n) is 7.25. The summed E-state index contributed by atoms with van der Waals surface area (Å²) >= 11 is 6.09. The maximum atomic E-state index is 13.1. The first-order valence-electron chi connectivity index (χ1n) is 9.73. The highest BCUT2D eigenvalue weighted by molar-refractivity contribution is 7.89. The zero-order valence-electron chi connectivity index (χ0n) is 17.2. The van der Waals surface area contributed by atoms with E-state index in [1.807, 2.05) is 0 Å². The number of ether oxygens (including phenoxy) is 1. The number of hydrogen-bond donors (Lipinski definition) is 2. The maximum Gasteiger partial charge on any atom is 0.243 e. The van der Waals surface area contributed by atoms with E-state index in [1.165, 1.54) is 36.5 Å². The van der Waals surface area contributed by atoms with E-state index in [-0.39, 0.29) is 28.3 Å². The Bertz CT molecular complexity index is 1090. The number of sulfonamides is 1. The highest BCUT2D eigenvalue weighted by Gasteiger charge is 2.33. The SMILES string of the molecule is COc1ccc(S(=O)(=O)N2CCC[C@H](C(=O)Nc3cccc(NC(C)=O)c3)C2)cc1Cl. The molecule has 2 aromatic rings. The monoisotopic (exact) mass is 465 g/mol. The summed E-state index contributed by atoms with van der Waals surface area (Å²) in [5.74, 6) is -0.595. The molecule has 2 aromatic carbocycles. The van der Waals surface area contributed by atoms with Crippen molar-refractivity contribution in [1.29, 1.82) is 0 Å². The van der Waals surface area contributed by atoms with Gasteiger partial charge in [-0.05, 0) is 49.2 Å². The average molecular weight is 466 g/mol. The third-order valence-corrected chi connectivity index (χ3v) is 7.12. The van der Waals surface area contributed by atoms with Gasteiger partial charge in [0.05, 0.1) is 22.9 Å². The van der Waals surface area contributed by atoms with E-state index in [1.54, 1.807) is 24.3 Å². The minimum Gasteiger partial charge on any atom is -0.495 e. The Balaban J connectivity index is 1.72. The van der Waals surface area contributed by atoms with E-state index in [0.29, 0.717) is 36.5 Å². The Morgan fingerprint density at radius 2 is 1.84 bits per heavy atom. The molecule has 166 valence electrons. The highest BCUT2D eigenvalue weighted by Crippen LogP contribution is 2.30. The van der Waals surface area contributed by atoms with Crippen LogP contribution in [0.1, 0.15) is 19.8 Å². The molecule has 1 fully saturated rings. The van der Waals surface area contributed by atoms with E-state index < -0.39 is 15.9 Å². The number of methoxy groups -OCH3 is 1. The lowest BCUT2D eigenvalue weighted by Crippen LogP contribution is -2.43. The van der Waals surface area contributed by atoms with Crippen LogP contribution in [0.15, 0.2) is 47.4 Å². The topological polar surface area (TPSA) is 105 Å². The fourth-order valence-electron chi connectivity index (χ4n) is 3.45. The fraction of sp³-hybridized carbons (Fsp3) is 0.333. The van der Waals surface area contributed by atoms with Crippen LogP contribution in [0, 0.1) is 5.92 Å². The van der Waals surface area contributed by atoms with Crippen LogP contribution >= 0.6 is 11.6 Å². The molecule has 0 aliphatic carbocycles. The number of rotatable bonds is 6. The maximum absolute atomic E-state index is 13.1. The van der Waals surface area contributed by atoms with Crippen LogP contribution in [0.5, 0.6) is 5.75 Å². The van der Waals surface area contributed by atoms with Gasteiger partial charge in [0, 0.05) is 31.4 Å². The van der Waals surface area contributed by atoms with Gasteiger partial charge < -0.3 is 15.4 Å². The molecule has 8 nitrogen and oxygen atoms in total. The first-order valence-corrected chi connectivity index (χ1v) is 11.5. The molecule has 3 rings (SSSR count). The quantitative estimate of drug-likeness (QED) is 0.680. The summed E-state index contributed by atoms with van der Waals surface area (Å²) in [5, 5.41) is 5.67. The van der Waals surface area contributed by atoms with Crippen LogP contribution in [0.4, 0.5) is 11.4 Å². The predicted molar refractivity (Wildman–Crippen MR) is 119 cm³/mol. The zero-order chi connectivity index (χ0) is 22.6. The number of piperidine rings is 1. The standard InChI is InChI=1S/C21H24ClN3O5S/c1-14(26)23-16-6-3-7-17(11-16)24-21(27)15-5-4-10-25(13-15)31(28,29)18-8-9-20(30-2)19(22)12-18/h3,6-9,11-12,15H,4-5,10,13H2,1-2H3,(H,23,26)(H,24,27)/t15-/m0/s1. The normalized spacial score (nSPS) is 17.1. The number of hydrogen-bond acceptors (Lipinski definition) is 5. The van der Waals surface area contributed by atoms with Crippen molar-refractivity contribution in [2.45, 2.75) is 24.7 Å². The van der Waals surface area contributed by atoms with Crippen molar-refractivity contribution in [1.82, 2.24) is 4.31 Å². The fourth-order valence-corrected chi connectivity index (χ4v) is 5.33. The van der Waals surface area contributed by atoms with Crippen molar-refractivity contribution >= 4 is 44.8 Å². The first kappa shape index (κ1) is 23.1. The Hall–Kier alpha value is -2.62. The smallest absolute Gasteiger partial charge is 0.243 e. The van der Waals surface area contributed by atoms with Gasteiger partial charge in [-0.2, -0.15) is 4.31 Å². The number of halogens is 1. The summed E-state index contributed by atoms with van der Waals surface area (Å²) in [7, 11) is -2.35. The first-order chi connectivity index (χ1) is 14.7. The molecule has 10 heteroatoms. The van der Waals surface area contributed by atoms with Crippen molar-refractivity contribution < 1.29 is 22.7 Å². The molecule has 2 amide bonds. The second kappa shape index (κ2) is 9.67. The lowest BCUT2D eigenvalue weighted by molar-refractivity contribution is -0.121. The molecular weight excluding hydrogens is 442 g/mol. The van der Waals surface area contributed by atoms with E-state index >= 15 is 0 Å². The molecule has 0 spiro atoms. The molecule has 1 heterocycles. The van der Waals surface area contributed by atoms with Crippen LogP contribution in [0.25, 0.3) is 0 Å². The average Bonchev–Trinajstić information content (AvgIpc) is 2.73. The summed E-state index contributed by atoms with van der Waals surface area (Å²) < 4.78 is 32.5. The van der Waals surface area contributed by atoms with Gasteiger partial charge in [0.15, 0.2) is 0 Å². The molecule has 1 aliphatic rings. The molecule has 0 unspecified atom stereocenters. The molecule has 1 atom stereocenters. The molecule has 1 aliphatic heterocycles. The van der Waals surface area contributed by atoms with Crippen LogP contribution in [-0.4, -0.2) is 44.7 Å². The van der Waals surface area contributed by atoms with Crippen molar-refractivity contribution in [3.8, 4) is 5.75 Å². The van der Waals surface area contributed by atoms with E-state index in [9.17, 15) is 18.0 Å². The minimum absolute atomic E-state index is 0.0577. The van der Waals surface area contributed by atoms with Gasteiger partial charge in [-0.15, -0.1) is 0 Å². The van der Waals surface area contributed by atoms with Crippen molar-refractivity contribution in [3.05, 3.63) is 47.5 Å². The van der Waals surface area contributed by atoms with Crippen molar-refractivity contribution in [2.75, 3.05) is 30.8 Å². The Morgan fingerprint density at radius 3 is 2.48 bits per heavy atom. The Labute approximate surface area is 186 Å². The van der Waals surface area contributed by atoms with Gasteiger partial charge in [0.25, 0.3) is 0 Å². The molecule has 31 heavy (non-hydrogen) atoms. The Morgan fingerprint density at radius 1 is 1.13 bits per heavy atom. The van der Waals surface area contributed by atoms with Gasteiger partial charge >= 0.3 is 0 Å². The highest BCUT2D eigenvalue weighted by atomic mass is 35.5. The lowest BCUT2D eigenvalue weighted by Gasteiger charge is -2.31. The lowest BCUT2D eigenvalue weighted by atomic mass is 9.98. The van der Waals surface area contributed by atoms with Gasteiger partial charge in [-0.25, -0.2) is 8.42 Å². The van der Waals surface area contributed by atoms with Crippen LogP contribution in [-0.2, 0) is 19.6 Å². The number of nitrogens with one attached hydrogen (secondary N) is 2. The number of carbonyl (C=O) groups excluding carboxylic acids is 2. The summed E-state index contributed by atoms with van der Waals surface area (Å²) in [6, 6.07) is 11.1. The van der Waals surface area contributed by atoms with Gasteiger partial charge in [-0.3, -0.25) is 9.59 Å². The van der Waals surface area contributed by atoms with Crippen molar-refractivity contribution in [2.24, 2.45) is 5.92 Å². The zero-order valence-corrected chi connectivity index (χ0v) is 18.8. The van der Waals surface area contributed by atoms with Crippen LogP contribution in [0.2, 0.25) is 5.02 Å². The third kappa shape index (κ3) is 5.55. The summed E-state index contributed by atoms with van der Waals surface area (Å²) in [6.07, 6.45) is 1.14. The van der Waals surface area contributed by atoms with Crippen LogP contribution in [0.3, 0.4) is 0 Å². The minimum atomic E-state index is -3.80. The number of nitrogens with zero attached hydrogens (tertiary/aromatic N) is 1. The number of anilines is 2. The van der Waals surface area contributed by atoms with Crippen LogP contribution < -0.4 is 15.4 Å². The molecule has 2 N–H and O–H groups in total. The summed E-state index contributed by atoms with van der Waals surface area (Å²) in [5.41, 5.74) is 1.09. The van der Waals surface area contributed by atoms with Gasteiger partial charge in [0.1, 0.15) is 5.75 Å². The Kier molecular flexibility index (Phi) is 7.19. The van der Waals surface area contributed by atoms with E-state index in [4.69, 9.17) is 16.3 Å². The van der Waals surface area contributed by atoms with E-state index in [0.717, 1.165) is 0 Å². The number of amides is 2. The third-order valence-electron chi connectivity index (χ3n) is 4.97. The molecule has 0 saturated carbocycles. The largest absolute Gasteiger partial charge is 0.495 e. The summed E-state index contributed by atoms with van der Waals surface area (Å²) in [6.45, 7) is 1.80. The molecule has 0 aromatic heterocycles. The summed E-state index contributed by atoms with van der Waals surface area (Å²) in [4.78, 5) is 24.1. The predicted octanol–water partition coefficient (Wildman–Crippen LogP) is 3.35.